The van der Waals surface area contributed by atoms with Gasteiger partial charge in [0.2, 0.25) is 5.91 Å². The van der Waals surface area contributed by atoms with E-state index in [1.54, 1.807) is 12.1 Å². The topological polar surface area (TPSA) is 77.3 Å². The Labute approximate surface area is 123 Å². The summed E-state index contributed by atoms with van der Waals surface area (Å²) >= 11 is 0. The fourth-order valence-corrected chi connectivity index (χ4v) is 2.50. The highest BCUT2D eigenvalue weighted by Gasteiger charge is 2.52. The Balaban J connectivity index is 2.13. The van der Waals surface area contributed by atoms with Crippen molar-refractivity contribution in [2.75, 3.05) is 0 Å². The van der Waals surface area contributed by atoms with Crippen LogP contribution in [0, 0.1) is 0 Å². The molecule has 0 unspecified atom stereocenters. The van der Waals surface area contributed by atoms with Gasteiger partial charge in [0.15, 0.2) is 0 Å². The summed E-state index contributed by atoms with van der Waals surface area (Å²) in [6.07, 6.45) is 1.82. The highest BCUT2D eigenvalue weighted by atomic mass is 16.7. The molecule has 1 amide bonds. The quantitative estimate of drug-likeness (QED) is 0.822. The number of hydrogen-bond donors (Lipinski definition) is 2. The van der Waals surface area contributed by atoms with Crippen LogP contribution in [0.5, 0.6) is 0 Å². The lowest BCUT2D eigenvalue weighted by Crippen LogP contribution is -2.41. The zero-order valence-corrected chi connectivity index (χ0v) is 12.7. The lowest BCUT2D eigenvalue weighted by Gasteiger charge is -2.32. The maximum Gasteiger partial charge on any atom is 0.495 e. The second-order valence-electron chi connectivity index (χ2n) is 6.46. The number of nitrogens with two attached hydrogens (primary N) is 1. The van der Waals surface area contributed by atoms with Crippen molar-refractivity contribution < 1.29 is 14.1 Å². The standard InChI is InChI=1S/C15H19BN2O3/c1-14(2)15(3,4)21-16(20-14)11-7-9(13(17)19)8-12-10(11)5-6-18-12/h5-8,18H,1-4H3,(H2,17,19). The summed E-state index contributed by atoms with van der Waals surface area (Å²) in [4.78, 5) is 14.6. The molecule has 110 valence electrons. The molecule has 3 N–H and O–H groups in total. The van der Waals surface area contributed by atoms with Crippen molar-refractivity contribution in [2.45, 2.75) is 38.9 Å². The number of aromatic nitrogens is 1. The van der Waals surface area contributed by atoms with Crippen LogP contribution in [0.1, 0.15) is 38.1 Å². The highest BCUT2D eigenvalue weighted by Crippen LogP contribution is 2.37. The summed E-state index contributed by atoms with van der Waals surface area (Å²) in [5.41, 5.74) is 6.66. The molecule has 3 rings (SSSR count). The number of fused-ring (bicyclic) bond motifs is 1. The summed E-state index contributed by atoms with van der Waals surface area (Å²) in [5.74, 6) is -0.468. The zero-order chi connectivity index (χ0) is 15.4. The van der Waals surface area contributed by atoms with Gasteiger partial charge in [0.05, 0.1) is 11.2 Å². The van der Waals surface area contributed by atoms with Crippen LogP contribution in [0.25, 0.3) is 10.9 Å². The molecule has 0 spiro atoms. The zero-order valence-electron chi connectivity index (χ0n) is 12.7. The van der Waals surface area contributed by atoms with E-state index in [1.807, 2.05) is 40.0 Å². The summed E-state index contributed by atoms with van der Waals surface area (Å²) in [5, 5.41) is 0.971. The first-order chi connectivity index (χ1) is 9.71. The van der Waals surface area contributed by atoms with Crippen molar-refractivity contribution in [3.8, 4) is 0 Å². The number of aromatic amines is 1. The molecular weight excluding hydrogens is 267 g/mol. The number of amides is 1. The van der Waals surface area contributed by atoms with E-state index in [9.17, 15) is 4.79 Å². The smallest absolute Gasteiger partial charge is 0.399 e. The second-order valence-corrected chi connectivity index (χ2v) is 6.46. The van der Waals surface area contributed by atoms with Gasteiger partial charge in [-0.15, -0.1) is 0 Å². The number of rotatable bonds is 2. The van der Waals surface area contributed by atoms with Crippen LogP contribution in [-0.2, 0) is 9.31 Å². The van der Waals surface area contributed by atoms with Crippen molar-refractivity contribution in [2.24, 2.45) is 5.73 Å². The van der Waals surface area contributed by atoms with E-state index in [0.29, 0.717) is 5.56 Å². The van der Waals surface area contributed by atoms with Gasteiger partial charge < -0.3 is 20.0 Å². The van der Waals surface area contributed by atoms with Crippen LogP contribution in [0.2, 0.25) is 0 Å². The molecule has 0 atom stereocenters. The van der Waals surface area contributed by atoms with Crippen molar-refractivity contribution in [3.63, 3.8) is 0 Å². The lowest BCUT2D eigenvalue weighted by atomic mass is 9.76. The van der Waals surface area contributed by atoms with Crippen LogP contribution < -0.4 is 11.2 Å². The van der Waals surface area contributed by atoms with E-state index in [0.717, 1.165) is 16.4 Å². The average Bonchev–Trinajstić information content (AvgIpc) is 2.90. The summed E-state index contributed by atoms with van der Waals surface area (Å²) < 4.78 is 12.1. The molecule has 1 fully saturated rings. The molecule has 0 aliphatic carbocycles. The summed E-state index contributed by atoms with van der Waals surface area (Å²) in [7, 11) is -0.521. The molecule has 1 aliphatic rings. The minimum atomic E-state index is -0.521. The summed E-state index contributed by atoms with van der Waals surface area (Å²) in [6.45, 7) is 8.00. The van der Waals surface area contributed by atoms with Gasteiger partial charge in [0.25, 0.3) is 0 Å². The lowest BCUT2D eigenvalue weighted by molar-refractivity contribution is 0.00578. The van der Waals surface area contributed by atoms with Crippen molar-refractivity contribution >= 4 is 29.4 Å². The van der Waals surface area contributed by atoms with E-state index in [2.05, 4.69) is 4.98 Å². The number of benzene rings is 1. The third-order valence-corrected chi connectivity index (χ3v) is 4.49. The van der Waals surface area contributed by atoms with Crippen molar-refractivity contribution in [3.05, 3.63) is 30.0 Å². The van der Waals surface area contributed by atoms with Crippen LogP contribution in [0.15, 0.2) is 24.4 Å². The Morgan fingerprint density at radius 3 is 2.38 bits per heavy atom. The van der Waals surface area contributed by atoms with Gasteiger partial charge in [0.1, 0.15) is 0 Å². The van der Waals surface area contributed by atoms with E-state index < -0.39 is 24.2 Å². The first kappa shape index (κ1) is 14.2. The molecule has 0 radical (unpaired) electrons. The molecule has 1 aromatic heterocycles. The Morgan fingerprint density at radius 2 is 1.81 bits per heavy atom. The second kappa shape index (κ2) is 4.35. The molecule has 21 heavy (non-hydrogen) atoms. The number of carbonyl (C=O) groups excluding carboxylic acids is 1. The Hall–Kier alpha value is -1.79. The molecule has 0 saturated carbocycles. The first-order valence-electron chi connectivity index (χ1n) is 6.98. The number of nitrogens with one attached hydrogen (secondary N) is 1. The minimum Gasteiger partial charge on any atom is -0.399 e. The van der Waals surface area contributed by atoms with Crippen molar-refractivity contribution in [1.82, 2.24) is 4.98 Å². The predicted octanol–water partition coefficient (Wildman–Crippen LogP) is 1.57. The van der Waals surface area contributed by atoms with Gasteiger partial charge in [-0.3, -0.25) is 4.79 Å². The van der Waals surface area contributed by atoms with Gasteiger partial charge in [-0.2, -0.15) is 0 Å². The van der Waals surface area contributed by atoms with Gasteiger partial charge in [0, 0.05) is 17.3 Å². The van der Waals surface area contributed by atoms with E-state index in [1.165, 1.54) is 0 Å². The molecule has 2 aromatic rings. The third-order valence-electron chi connectivity index (χ3n) is 4.49. The van der Waals surface area contributed by atoms with Crippen molar-refractivity contribution in [1.29, 1.82) is 0 Å². The first-order valence-corrected chi connectivity index (χ1v) is 6.98. The maximum atomic E-state index is 11.5. The number of H-pyrrole nitrogens is 1. The van der Waals surface area contributed by atoms with Gasteiger partial charge in [-0.05, 0) is 56.7 Å². The molecule has 1 saturated heterocycles. The average molecular weight is 286 g/mol. The van der Waals surface area contributed by atoms with Gasteiger partial charge in [-0.1, -0.05) is 0 Å². The largest absolute Gasteiger partial charge is 0.495 e. The molecule has 6 heteroatoms. The van der Waals surface area contributed by atoms with Crippen LogP contribution in [-0.4, -0.2) is 29.2 Å². The van der Waals surface area contributed by atoms with Crippen LogP contribution in [0.4, 0.5) is 0 Å². The van der Waals surface area contributed by atoms with Crippen LogP contribution in [0.3, 0.4) is 0 Å². The highest BCUT2D eigenvalue weighted by molar-refractivity contribution is 6.65. The molecule has 1 aromatic carbocycles. The Morgan fingerprint density at radius 1 is 1.19 bits per heavy atom. The van der Waals surface area contributed by atoms with Crippen LogP contribution >= 0.6 is 0 Å². The number of primary amides is 1. The summed E-state index contributed by atoms with van der Waals surface area (Å²) in [6, 6.07) is 5.44. The molecular formula is C15H19BN2O3. The molecule has 2 heterocycles. The predicted molar refractivity (Wildman–Crippen MR) is 82.5 cm³/mol. The number of hydrogen-bond acceptors (Lipinski definition) is 3. The SMILES string of the molecule is CC1(C)OB(c2cc(C(N)=O)cc3[nH]ccc23)OC1(C)C. The molecule has 5 nitrogen and oxygen atoms in total. The monoisotopic (exact) mass is 286 g/mol. The normalized spacial score (nSPS) is 20.1. The van der Waals surface area contributed by atoms with E-state index in [-0.39, 0.29) is 0 Å². The molecule has 1 aliphatic heterocycles. The Kier molecular flexibility index (Phi) is 2.94. The minimum absolute atomic E-state index is 0.428. The van der Waals surface area contributed by atoms with Gasteiger partial charge >= 0.3 is 7.12 Å². The van der Waals surface area contributed by atoms with E-state index in [4.69, 9.17) is 15.0 Å². The third kappa shape index (κ3) is 2.15. The van der Waals surface area contributed by atoms with Gasteiger partial charge in [-0.25, -0.2) is 0 Å². The van der Waals surface area contributed by atoms with E-state index >= 15 is 0 Å². The fraction of sp³-hybridized carbons (Fsp3) is 0.400. The fourth-order valence-electron chi connectivity index (χ4n) is 2.50. The molecule has 0 bridgehead atoms. The maximum absolute atomic E-state index is 11.5. The Bertz CT molecular complexity index is 705. The number of carbonyl (C=O) groups is 1.